The fourth-order valence-electron chi connectivity index (χ4n) is 8.26. The van der Waals surface area contributed by atoms with Crippen molar-refractivity contribution in [3.05, 3.63) is 187 Å². The summed E-state index contributed by atoms with van der Waals surface area (Å²) in [4.78, 5) is 15.0. The van der Waals surface area contributed by atoms with Gasteiger partial charge in [0, 0.05) is 55.4 Å². The molecule has 11 rings (SSSR count). The minimum atomic E-state index is 0.635. The van der Waals surface area contributed by atoms with Gasteiger partial charge in [-0.2, -0.15) is 0 Å². The smallest absolute Gasteiger partial charge is 0.164 e. The molecule has 0 spiro atoms. The highest BCUT2D eigenvalue weighted by Gasteiger charge is 2.23. The number of benzene rings is 7. The minimum absolute atomic E-state index is 0.635. The molecule has 0 N–H and O–H groups in total. The Balaban J connectivity index is 1.07. The number of rotatable bonds is 6. The molecule has 56 heavy (non-hydrogen) atoms. The van der Waals surface area contributed by atoms with E-state index in [0.29, 0.717) is 17.5 Å². The minimum Gasteiger partial charge on any atom is -0.456 e. The van der Waals surface area contributed by atoms with Gasteiger partial charge in [-0.15, -0.1) is 0 Å². The molecule has 0 fully saturated rings. The third kappa shape index (κ3) is 5.44. The summed E-state index contributed by atoms with van der Waals surface area (Å²) in [7, 11) is 0. The number of furan rings is 1. The normalized spacial score (nSPS) is 12.4. The summed E-state index contributed by atoms with van der Waals surface area (Å²) in [5.41, 5.74) is 14.0. The molecule has 5 nitrogen and oxygen atoms in total. The number of hydrogen-bond acceptors (Lipinski definition) is 4. The van der Waals surface area contributed by atoms with E-state index in [1.807, 2.05) is 66.7 Å². The fourth-order valence-corrected chi connectivity index (χ4v) is 8.26. The van der Waals surface area contributed by atoms with E-state index in [2.05, 4.69) is 120 Å². The molecule has 0 aliphatic heterocycles. The number of aromatic nitrogens is 4. The average Bonchev–Trinajstić information content (AvgIpc) is 3.82. The van der Waals surface area contributed by atoms with Gasteiger partial charge >= 0.3 is 0 Å². The predicted molar refractivity (Wildman–Crippen MR) is 228 cm³/mol. The third-order valence-corrected chi connectivity index (χ3v) is 10.9. The first kappa shape index (κ1) is 32.1. The van der Waals surface area contributed by atoms with Crippen molar-refractivity contribution < 1.29 is 4.42 Å². The second-order valence-electron chi connectivity index (χ2n) is 14.3. The molecule has 3 heterocycles. The molecule has 5 heteroatoms. The monoisotopic (exact) mass is 718 g/mol. The van der Waals surface area contributed by atoms with Crippen LogP contribution in [0.1, 0.15) is 17.7 Å². The van der Waals surface area contributed by atoms with E-state index in [1.165, 1.54) is 27.7 Å². The summed E-state index contributed by atoms with van der Waals surface area (Å²) >= 11 is 0. The van der Waals surface area contributed by atoms with Crippen LogP contribution in [0.15, 0.2) is 180 Å². The number of hydrogen-bond donors (Lipinski definition) is 0. The van der Waals surface area contributed by atoms with E-state index in [4.69, 9.17) is 19.4 Å². The molecule has 10 aromatic rings. The van der Waals surface area contributed by atoms with Crippen LogP contribution < -0.4 is 0 Å². The highest BCUT2D eigenvalue weighted by molar-refractivity contribution is 6.08. The fraction of sp³-hybridized carbons (Fsp3) is 0.0392. The molecule has 7 aromatic carbocycles. The summed E-state index contributed by atoms with van der Waals surface area (Å²) in [6, 6.07) is 59.2. The summed E-state index contributed by atoms with van der Waals surface area (Å²) in [5.74, 6) is 1.93. The SMILES string of the molecule is C1=Cc2c(n(-c3cccc(-c4nc(-c5ccccc5)nc(-c5ccccc5)n4)c3)c3c(-c4ccc5c(c4)oc4cc(-c6ccccc6)ccc45)cccc23)CC1. The Morgan fingerprint density at radius 2 is 1.02 bits per heavy atom. The Labute approximate surface area is 323 Å². The molecule has 0 atom stereocenters. The highest BCUT2D eigenvalue weighted by atomic mass is 16.3. The molecule has 1 aliphatic rings. The van der Waals surface area contributed by atoms with E-state index in [-0.39, 0.29) is 0 Å². The largest absolute Gasteiger partial charge is 0.456 e. The van der Waals surface area contributed by atoms with Crippen LogP contribution >= 0.6 is 0 Å². The molecule has 0 amide bonds. The second kappa shape index (κ2) is 13.2. The van der Waals surface area contributed by atoms with Crippen molar-refractivity contribution >= 4 is 38.9 Å². The summed E-state index contributed by atoms with van der Waals surface area (Å²) in [6.45, 7) is 0. The van der Waals surface area contributed by atoms with Gasteiger partial charge < -0.3 is 8.98 Å². The second-order valence-corrected chi connectivity index (χ2v) is 14.3. The Kier molecular flexibility index (Phi) is 7.56. The number of para-hydroxylation sites is 1. The Morgan fingerprint density at radius 3 is 1.70 bits per heavy atom. The van der Waals surface area contributed by atoms with E-state index in [0.717, 1.165) is 73.8 Å². The lowest BCUT2D eigenvalue weighted by Gasteiger charge is -2.16. The van der Waals surface area contributed by atoms with E-state index < -0.39 is 0 Å². The van der Waals surface area contributed by atoms with Crippen LogP contribution in [0.25, 0.3) is 101 Å². The maximum absolute atomic E-state index is 6.60. The lowest BCUT2D eigenvalue weighted by molar-refractivity contribution is 0.669. The van der Waals surface area contributed by atoms with Crippen molar-refractivity contribution in [3.63, 3.8) is 0 Å². The quantitative estimate of drug-likeness (QED) is 0.172. The van der Waals surface area contributed by atoms with Crippen LogP contribution in [-0.2, 0) is 6.42 Å². The van der Waals surface area contributed by atoms with Crippen LogP contribution in [0.3, 0.4) is 0 Å². The zero-order valence-electron chi connectivity index (χ0n) is 30.4. The topological polar surface area (TPSA) is 56.7 Å². The van der Waals surface area contributed by atoms with Gasteiger partial charge in [0.25, 0.3) is 0 Å². The first-order valence-electron chi connectivity index (χ1n) is 19.1. The van der Waals surface area contributed by atoms with Gasteiger partial charge in [-0.1, -0.05) is 146 Å². The maximum Gasteiger partial charge on any atom is 0.164 e. The van der Waals surface area contributed by atoms with Gasteiger partial charge in [-0.05, 0) is 65.9 Å². The number of allylic oxidation sites excluding steroid dienone is 1. The van der Waals surface area contributed by atoms with Crippen molar-refractivity contribution in [1.82, 2.24) is 19.5 Å². The van der Waals surface area contributed by atoms with E-state index >= 15 is 0 Å². The van der Waals surface area contributed by atoms with Crippen molar-refractivity contribution in [2.24, 2.45) is 0 Å². The van der Waals surface area contributed by atoms with Crippen LogP contribution in [0.2, 0.25) is 0 Å². The van der Waals surface area contributed by atoms with Gasteiger partial charge in [-0.3, -0.25) is 0 Å². The zero-order valence-corrected chi connectivity index (χ0v) is 30.4. The molecule has 0 unspecified atom stereocenters. The number of fused-ring (bicyclic) bond motifs is 6. The third-order valence-electron chi connectivity index (χ3n) is 10.9. The Morgan fingerprint density at radius 1 is 0.446 bits per heavy atom. The molecule has 264 valence electrons. The van der Waals surface area contributed by atoms with Crippen molar-refractivity contribution in [2.45, 2.75) is 12.8 Å². The van der Waals surface area contributed by atoms with Crippen molar-refractivity contribution in [3.8, 4) is 62.1 Å². The Bertz CT molecular complexity index is 3070. The van der Waals surface area contributed by atoms with Crippen LogP contribution in [0, 0.1) is 0 Å². The molecule has 0 bridgehead atoms. The molecule has 0 saturated carbocycles. The maximum atomic E-state index is 6.60. The summed E-state index contributed by atoms with van der Waals surface area (Å²) < 4.78 is 9.05. The average molecular weight is 719 g/mol. The van der Waals surface area contributed by atoms with Crippen molar-refractivity contribution in [1.29, 1.82) is 0 Å². The summed E-state index contributed by atoms with van der Waals surface area (Å²) in [6.07, 6.45) is 6.52. The van der Waals surface area contributed by atoms with Gasteiger partial charge in [-0.25, -0.2) is 15.0 Å². The van der Waals surface area contributed by atoms with Crippen LogP contribution in [0.4, 0.5) is 0 Å². The number of nitrogens with zero attached hydrogens (tertiary/aromatic N) is 4. The first-order valence-corrected chi connectivity index (χ1v) is 19.1. The van der Waals surface area contributed by atoms with Gasteiger partial charge in [0.2, 0.25) is 0 Å². The zero-order chi connectivity index (χ0) is 37.0. The molecular formula is C51H34N4O. The van der Waals surface area contributed by atoms with Crippen LogP contribution in [0.5, 0.6) is 0 Å². The van der Waals surface area contributed by atoms with E-state index in [1.54, 1.807) is 0 Å². The van der Waals surface area contributed by atoms with Gasteiger partial charge in [0.05, 0.1) is 5.52 Å². The molecule has 3 aromatic heterocycles. The first-order chi connectivity index (χ1) is 27.7. The van der Waals surface area contributed by atoms with Gasteiger partial charge in [0.1, 0.15) is 11.2 Å². The van der Waals surface area contributed by atoms with E-state index in [9.17, 15) is 0 Å². The summed E-state index contributed by atoms with van der Waals surface area (Å²) in [5, 5.41) is 3.46. The van der Waals surface area contributed by atoms with Gasteiger partial charge in [0.15, 0.2) is 17.5 Å². The Hall–Kier alpha value is -7.37. The molecule has 1 aliphatic carbocycles. The van der Waals surface area contributed by atoms with Crippen molar-refractivity contribution in [2.75, 3.05) is 0 Å². The van der Waals surface area contributed by atoms with Crippen LogP contribution in [-0.4, -0.2) is 19.5 Å². The molecular weight excluding hydrogens is 685 g/mol. The highest BCUT2D eigenvalue weighted by Crippen LogP contribution is 2.41. The molecule has 0 saturated heterocycles. The lowest BCUT2D eigenvalue weighted by atomic mass is 9.98. The standard InChI is InChI=1S/C51H34N4O/c1-4-14-33(15-5-1)36-26-28-42-43-29-27-37(32-47(43)56-46(42)31-36)40-23-13-24-44-41-22-10-11-25-45(41)55(48(40)44)39-21-12-20-38(30-39)51-53-49(34-16-6-2-7-17-34)52-50(54-51)35-18-8-3-9-19-35/h1-10,12-24,26-32H,11,25H2. The predicted octanol–water partition coefficient (Wildman–Crippen LogP) is 13.0. The lowest BCUT2D eigenvalue weighted by Crippen LogP contribution is -2.04. The molecule has 0 radical (unpaired) electrons.